The fourth-order valence-electron chi connectivity index (χ4n) is 1.60. The fourth-order valence-corrected chi connectivity index (χ4v) is 2.24. The van der Waals surface area contributed by atoms with Gasteiger partial charge in [-0.2, -0.15) is 0 Å². The second kappa shape index (κ2) is 6.35. The summed E-state index contributed by atoms with van der Waals surface area (Å²) in [5.41, 5.74) is 0.915. The highest BCUT2D eigenvalue weighted by Crippen LogP contribution is 2.22. The van der Waals surface area contributed by atoms with Crippen molar-refractivity contribution in [3.8, 4) is 0 Å². The minimum atomic E-state index is -0.476. The fraction of sp³-hybridized carbons (Fsp3) is 0.250. The molecule has 1 amide bonds. The first-order valence-electron chi connectivity index (χ1n) is 6.02. The minimum Gasteiger partial charge on any atom is -0.325 e. The van der Waals surface area contributed by atoms with Crippen LogP contribution in [0, 0.1) is 24.0 Å². The zero-order valence-corrected chi connectivity index (χ0v) is 12.2. The summed E-state index contributed by atoms with van der Waals surface area (Å²) in [5.74, 6) is 0.520. The van der Waals surface area contributed by atoms with E-state index in [9.17, 15) is 14.9 Å². The number of nitrogens with zero attached hydrogens (tertiary/aromatic N) is 3. The molecule has 110 valence electrons. The number of rotatable bonds is 5. The third-order valence-electron chi connectivity index (χ3n) is 2.60. The Morgan fingerprint density at radius 3 is 2.86 bits per heavy atom. The van der Waals surface area contributed by atoms with Gasteiger partial charge in [0.1, 0.15) is 5.82 Å². The van der Waals surface area contributed by atoms with Crippen molar-refractivity contribution in [2.45, 2.75) is 19.0 Å². The number of H-pyrrole nitrogens is 1. The first-order valence-corrected chi connectivity index (χ1v) is 7.01. The van der Waals surface area contributed by atoms with Crippen LogP contribution in [-0.4, -0.2) is 31.8 Å². The second-order valence-electron chi connectivity index (χ2n) is 4.30. The van der Waals surface area contributed by atoms with E-state index in [1.54, 1.807) is 26.0 Å². The standard InChI is InChI=1S/C12H13N5O3S/c1-7-3-4-9(5-10(7)17(19)20)14-11(18)6-21-12-13-8(2)15-16-12/h3-5H,6H2,1-2H3,(H,14,18)(H,13,15,16). The molecule has 0 fully saturated rings. The van der Waals surface area contributed by atoms with E-state index in [-0.39, 0.29) is 17.3 Å². The molecule has 0 spiro atoms. The Morgan fingerprint density at radius 1 is 1.48 bits per heavy atom. The normalized spacial score (nSPS) is 10.4. The Morgan fingerprint density at radius 2 is 2.24 bits per heavy atom. The predicted molar refractivity (Wildman–Crippen MR) is 78.3 cm³/mol. The molecule has 1 aromatic heterocycles. The monoisotopic (exact) mass is 307 g/mol. The summed E-state index contributed by atoms with van der Waals surface area (Å²) in [4.78, 5) is 26.2. The van der Waals surface area contributed by atoms with Crippen LogP contribution in [-0.2, 0) is 4.79 Å². The number of carbonyl (C=O) groups is 1. The van der Waals surface area contributed by atoms with Crippen LogP contribution in [0.15, 0.2) is 23.4 Å². The van der Waals surface area contributed by atoms with Crippen molar-refractivity contribution in [3.05, 3.63) is 39.7 Å². The van der Waals surface area contributed by atoms with E-state index in [2.05, 4.69) is 20.5 Å². The van der Waals surface area contributed by atoms with Crippen LogP contribution in [0.2, 0.25) is 0 Å². The number of amides is 1. The average Bonchev–Trinajstić information content (AvgIpc) is 2.84. The molecule has 8 nitrogen and oxygen atoms in total. The Bertz CT molecular complexity index is 685. The number of hydrogen-bond acceptors (Lipinski definition) is 6. The summed E-state index contributed by atoms with van der Waals surface area (Å²) < 4.78 is 0. The lowest BCUT2D eigenvalue weighted by Crippen LogP contribution is -2.14. The van der Waals surface area contributed by atoms with Gasteiger partial charge in [-0.05, 0) is 19.9 Å². The van der Waals surface area contributed by atoms with Gasteiger partial charge in [-0.25, -0.2) is 4.98 Å². The number of aromatic amines is 1. The number of carbonyl (C=O) groups excluding carboxylic acids is 1. The second-order valence-corrected chi connectivity index (χ2v) is 5.24. The zero-order valence-electron chi connectivity index (χ0n) is 11.4. The number of hydrogen-bond donors (Lipinski definition) is 2. The van der Waals surface area contributed by atoms with Gasteiger partial charge in [0.15, 0.2) is 0 Å². The molecule has 1 heterocycles. The average molecular weight is 307 g/mol. The van der Waals surface area contributed by atoms with Gasteiger partial charge in [-0.3, -0.25) is 20.0 Å². The van der Waals surface area contributed by atoms with Crippen molar-refractivity contribution in [1.29, 1.82) is 0 Å². The molecule has 0 unspecified atom stereocenters. The maximum atomic E-state index is 11.8. The lowest BCUT2D eigenvalue weighted by molar-refractivity contribution is -0.385. The van der Waals surface area contributed by atoms with Gasteiger partial charge in [-0.15, -0.1) is 5.10 Å². The summed E-state index contributed by atoms with van der Waals surface area (Å²) >= 11 is 1.18. The molecule has 0 radical (unpaired) electrons. The molecule has 21 heavy (non-hydrogen) atoms. The smallest absolute Gasteiger partial charge is 0.274 e. The molecular weight excluding hydrogens is 294 g/mol. The number of nitro benzene ring substituents is 1. The number of anilines is 1. The number of aryl methyl sites for hydroxylation is 2. The number of benzene rings is 1. The van der Waals surface area contributed by atoms with Gasteiger partial charge < -0.3 is 5.32 Å². The Balaban J connectivity index is 1.96. The maximum Gasteiger partial charge on any atom is 0.274 e. The molecule has 2 N–H and O–H groups in total. The lowest BCUT2D eigenvalue weighted by atomic mass is 10.2. The van der Waals surface area contributed by atoms with Gasteiger partial charge in [0.2, 0.25) is 11.1 Å². The molecule has 0 saturated heterocycles. The summed E-state index contributed by atoms with van der Waals surface area (Å²) in [5, 5.41) is 20.5. The van der Waals surface area contributed by atoms with Crippen molar-refractivity contribution in [2.24, 2.45) is 0 Å². The number of nitrogens with one attached hydrogen (secondary N) is 2. The van der Waals surface area contributed by atoms with E-state index in [0.717, 1.165) is 0 Å². The Hall–Kier alpha value is -2.42. The van der Waals surface area contributed by atoms with Crippen LogP contribution < -0.4 is 5.32 Å². The number of thioether (sulfide) groups is 1. The molecular formula is C12H13N5O3S. The molecule has 9 heteroatoms. The molecule has 0 aliphatic heterocycles. The lowest BCUT2D eigenvalue weighted by Gasteiger charge is -2.05. The van der Waals surface area contributed by atoms with Crippen molar-refractivity contribution in [1.82, 2.24) is 15.2 Å². The summed E-state index contributed by atoms with van der Waals surface area (Å²) in [7, 11) is 0. The van der Waals surface area contributed by atoms with Crippen LogP contribution in [0.3, 0.4) is 0 Å². The quantitative estimate of drug-likeness (QED) is 0.496. The van der Waals surface area contributed by atoms with Gasteiger partial charge in [0, 0.05) is 17.3 Å². The van der Waals surface area contributed by atoms with Crippen LogP contribution in [0.1, 0.15) is 11.4 Å². The molecule has 2 aromatic rings. The van der Waals surface area contributed by atoms with Crippen LogP contribution in [0.5, 0.6) is 0 Å². The maximum absolute atomic E-state index is 11.8. The van der Waals surface area contributed by atoms with E-state index in [4.69, 9.17) is 0 Å². The van der Waals surface area contributed by atoms with Gasteiger partial charge in [-0.1, -0.05) is 17.8 Å². The topological polar surface area (TPSA) is 114 Å². The van der Waals surface area contributed by atoms with Crippen LogP contribution >= 0.6 is 11.8 Å². The molecule has 1 aromatic carbocycles. The van der Waals surface area contributed by atoms with E-state index in [1.165, 1.54) is 17.8 Å². The van der Waals surface area contributed by atoms with Gasteiger partial charge >= 0.3 is 0 Å². The largest absolute Gasteiger partial charge is 0.325 e. The van der Waals surface area contributed by atoms with Crippen molar-refractivity contribution in [3.63, 3.8) is 0 Å². The molecule has 0 aliphatic rings. The molecule has 0 saturated carbocycles. The zero-order chi connectivity index (χ0) is 15.4. The van der Waals surface area contributed by atoms with Gasteiger partial charge in [0.05, 0.1) is 10.7 Å². The Labute approximate surface area is 124 Å². The van der Waals surface area contributed by atoms with E-state index >= 15 is 0 Å². The highest BCUT2D eigenvalue weighted by atomic mass is 32.2. The van der Waals surface area contributed by atoms with Crippen molar-refractivity contribution >= 4 is 29.0 Å². The minimum absolute atomic E-state index is 0.0231. The highest BCUT2D eigenvalue weighted by molar-refractivity contribution is 7.99. The van der Waals surface area contributed by atoms with Crippen molar-refractivity contribution in [2.75, 3.05) is 11.1 Å². The predicted octanol–water partition coefficient (Wildman–Crippen LogP) is 2.06. The summed E-state index contributed by atoms with van der Waals surface area (Å²) in [6.07, 6.45) is 0. The van der Waals surface area contributed by atoms with E-state index in [1.807, 2.05) is 0 Å². The summed E-state index contributed by atoms with van der Waals surface area (Å²) in [6.45, 7) is 3.41. The Kier molecular flexibility index (Phi) is 4.53. The van der Waals surface area contributed by atoms with E-state index in [0.29, 0.717) is 22.2 Å². The first kappa shape index (κ1) is 15.0. The number of nitro groups is 1. The molecule has 0 atom stereocenters. The first-order chi connectivity index (χ1) is 9.95. The molecule has 0 aliphatic carbocycles. The van der Waals surface area contributed by atoms with Crippen LogP contribution in [0.4, 0.5) is 11.4 Å². The highest BCUT2D eigenvalue weighted by Gasteiger charge is 2.13. The van der Waals surface area contributed by atoms with E-state index < -0.39 is 4.92 Å². The SMILES string of the molecule is Cc1nc(SCC(=O)Nc2ccc(C)c([N+](=O)[O-])c2)n[nH]1. The van der Waals surface area contributed by atoms with Gasteiger partial charge in [0.25, 0.3) is 5.69 Å². The van der Waals surface area contributed by atoms with Crippen LogP contribution in [0.25, 0.3) is 0 Å². The molecule has 2 rings (SSSR count). The third-order valence-corrected chi connectivity index (χ3v) is 3.45. The molecule has 0 bridgehead atoms. The third kappa shape index (κ3) is 4.02. The number of aromatic nitrogens is 3. The summed E-state index contributed by atoms with van der Waals surface area (Å²) in [6, 6.07) is 4.57. The van der Waals surface area contributed by atoms with Crippen molar-refractivity contribution < 1.29 is 9.72 Å².